The number of nitrogens with two attached hydrogens (primary N) is 1. The summed E-state index contributed by atoms with van der Waals surface area (Å²) in [5.41, 5.74) is 4.97. The molecule has 0 saturated carbocycles. The highest BCUT2D eigenvalue weighted by molar-refractivity contribution is 5.03. The zero-order valence-electron chi connectivity index (χ0n) is 11.5. The third-order valence-electron chi connectivity index (χ3n) is 3.27. The Kier molecular flexibility index (Phi) is 4.91. The van der Waals surface area contributed by atoms with Gasteiger partial charge in [-0.05, 0) is 6.92 Å². The number of hydrogen-bond acceptors (Lipinski definition) is 8. The van der Waals surface area contributed by atoms with E-state index < -0.39 is 36.2 Å². The second-order valence-corrected chi connectivity index (χ2v) is 4.66. The molecule has 1 aromatic rings. The summed E-state index contributed by atoms with van der Waals surface area (Å²) in [5, 5.41) is 29.7. The Morgan fingerprint density at radius 1 is 1.38 bits per heavy atom. The van der Waals surface area contributed by atoms with Gasteiger partial charge in [-0.25, -0.2) is 0 Å². The summed E-state index contributed by atoms with van der Waals surface area (Å²) in [7, 11) is 0. The molecule has 0 bridgehead atoms. The van der Waals surface area contributed by atoms with Crippen molar-refractivity contribution >= 4 is 0 Å². The molecule has 5 atom stereocenters. The summed E-state index contributed by atoms with van der Waals surface area (Å²) < 4.78 is 12.0. The van der Waals surface area contributed by atoms with Gasteiger partial charge in [0, 0.05) is 18.8 Å². The minimum atomic E-state index is -1.44. The molecule has 0 spiro atoms. The molecule has 1 aromatic heterocycles. The van der Waals surface area contributed by atoms with Gasteiger partial charge in [0.2, 0.25) is 0 Å². The van der Waals surface area contributed by atoms with Crippen LogP contribution in [0.2, 0.25) is 0 Å². The summed E-state index contributed by atoms with van der Waals surface area (Å²) in [6.07, 6.45) is -4.76. The van der Waals surface area contributed by atoms with Crippen LogP contribution in [-0.2, 0) is 4.74 Å². The Balaban J connectivity index is 2.37. The molecule has 0 aromatic carbocycles. The molecule has 2 rings (SSSR count). The van der Waals surface area contributed by atoms with Crippen molar-refractivity contribution in [2.45, 2.75) is 37.6 Å². The molecule has 1 saturated heterocycles. The maximum atomic E-state index is 11.3. The van der Waals surface area contributed by atoms with Crippen LogP contribution in [-0.4, -0.2) is 62.4 Å². The van der Waals surface area contributed by atoms with Crippen molar-refractivity contribution in [3.8, 4) is 6.01 Å². The first kappa shape index (κ1) is 15.9. The molecule has 118 valence electrons. The monoisotopic (exact) mass is 301 g/mol. The number of aliphatic hydroxyl groups excluding tert-OH is 3. The lowest BCUT2D eigenvalue weighted by Gasteiger charge is -2.41. The van der Waals surface area contributed by atoms with Gasteiger partial charge in [0.25, 0.3) is 5.56 Å². The van der Waals surface area contributed by atoms with Gasteiger partial charge in [-0.2, -0.15) is 4.98 Å². The molecule has 21 heavy (non-hydrogen) atoms. The molecule has 0 aliphatic carbocycles. The topological polar surface area (TPSA) is 140 Å². The van der Waals surface area contributed by atoms with Crippen molar-refractivity contribution in [3.63, 3.8) is 0 Å². The van der Waals surface area contributed by atoms with Crippen molar-refractivity contribution < 1.29 is 24.8 Å². The first-order chi connectivity index (χ1) is 9.99. The van der Waals surface area contributed by atoms with Crippen LogP contribution in [0.4, 0.5) is 0 Å². The van der Waals surface area contributed by atoms with Crippen molar-refractivity contribution in [2.75, 3.05) is 13.2 Å². The van der Waals surface area contributed by atoms with Gasteiger partial charge in [-0.3, -0.25) is 9.36 Å². The fraction of sp³-hybridized carbons (Fsp3) is 0.667. The minimum absolute atomic E-state index is 0.0426. The molecular formula is C12H19N3O6. The third kappa shape index (κ3) is 3.06. The Labute approximate surface area is 120 Å². The lowest BCUT2D eigenvalue weighted by atomic mass is 9.98. The van der Waals surface area contributed by atoms with E-state index in [0.717, 1.165) is 0 Å². The van der Waals surface area contributed by atoms with E-state index in [1.54, 1.807) is 6.92 Å². The average Bonchev–Trinajstić information content (AvgIpc) is 2.47. The van der Waals surface area contributed by atoms with Gasteiger partial charge in [0.15, 0.2) is 6.23 Å². The number of ether oxygens (including phenoxy) is 2. The van der Waals surface area contributed by atoms with E-state index in [9.17, 15) is 20.1 Å². The van der Waals surface area contributed by atoms with Crippen LogP contribution in [0.1, 0.15) is 13.2 Å². The number of aromatic nitrogens is 2. The van der Waals surface area contributed by atoms with Gasteiger partial charge in [-0.15, -0.1) is 0 Å². The molecule has 1 aliphatic rings. The van der Waals surface area contributed by atoms with Gasteiger partial charge in [0.05, 0.1) is 6.61 Å². The summed E-state index contributed by atoms with van der Waals surface area (Å²) >= 11 is 0. The van der Waals surface area contributed by atoms with Gasteiger partial charge < -0.3 is 30.5 Å². The zero-order valence-corrected chi connectivity index (χ0v) is 11.5. The first-order valence-electron chi connectivity index (χ1n) is 6.61. The van der Waals surface area contributed by atoms with Gasteiger partial charge in [-0.1, -0.05) is 0 Å². The normalized spacial score (nSPS) is 32.9. The van der Waals surface area contributed by atoms with E-state index in [0.29, 0.717) is 0 Å². The van der Waals surface area contributed by atoms with Crippen molar-refractivity contribution in [1.29, 1.82) is 0 Å². The van der Waals surface area contributed by atoms with E-state index in [-0.39, 0.29) is 19.2 Å². The van der Waals surface area contributed by atoms with Gasteiger partial charge >= 0.3 is 6.01 Å². The highest BCUT2D eigenvalue weighted by Crippen LogP contribution is 2.29. The Hall–Kier alpha value is -1.52. The lowest BCUT2D eigenvalue weighted by Crippen LogP contribution is -2.57. The van der Waals surface area contributed by atoms with E-state index >= 15 is 0 Å². The standard InChI is InChI=1S/C12H19N3O6/c1-2-20-12-14-7(16)3-4-15(12)11-10(19)9(18)8(17)6(5-13)21-11/h3-4,6,8-11,17-19H,2,5,13H2,1H3/t6-,8-,9+,10-,11-/m1/s1. The molecule has 9 heteroatoms. The minimum Gasteiger partial charge on any atom is -0.465 e. The molecule has 2 heterocycles. The van der Waals surface area contributed by atoms with E-state index in [1.807, 2.05) is 0 Å². The third-order valence-corrected chi connectivity index (χ3v) is 3.27. The van der Waals surface area contributed by atoms with Crippen LogP contribution in [0.5, 0.6) is 6.01 Å². The van der Waals surface area contributed by atoms with Crippen LogP contribution in [0.3, 0.4) is 0 Å². The van der Waals surface area contributed by atoms with Crippen LogP contribution < -0.4 is 16.0 Å². The average molecular weight is 301 g/mol. The van der Waals surface area contributed by atoms with E-state index in [1.165, 1.54) is 16.8 Å². The number of rotatable bonds is 4. The smallest absolute Gasteiger partial charge is 0.301 e. The highest BCUT2D eigenvalue weighted by Gasteiger charge is 2.44. The fourth-order valence-corrected chi connectivity index (χ4v) is 2.18. The molecule has 0 radical (unpaired) electrons. The van der Waals surface area contributed by atoms with E-state index in [2.05, 4.69) is 4.98 Å². The molecule has 1 fully saturated rings. The number of hydrogen-bond donors (Lipinski definition) is 4. The predicted octanol–water partition coefficient (Wildman–Crippen LogP) is -2.42. The summed E-state index contributed by atoms with van der Waals surface area (Å²) in [5.74, 6) is 0. The van der Waals surface area contributed by atoms with Crippen LogP contribution >= 0.6 is 0 Å². The van der Waals surface area contributed by atoms with Crippen molar-refractivity contribution in [2.24, 2.45) is 5.73 Å². The lowest BCUT2D eigenvalue weighted by molar-refractivity contribution is -0.243. The van der Waals surface area contributed by atoms with Crippen molar-refractivity contribution in [3.05, 3.63) is 22.6 Å². The molecule has 9 nitrogen and oxygen atoms in total. The fourth-order valence-electron chi connectivity index (χ4n) is 2.18. The largest absolute Gasteiger partial charge is 0.465 e. The molecular weight excluding hydrogens is 282 g/mol. The molecule has 0 unspecified atom stereocenters. The summed E-state index contributed by atoms with van der Waals surface area (Å²) in [6.45, 7) is 1.92. The second kappa shape index (κ2) is 6.50. The Bertz CT molecular complexity index is 534. The zero-order chi connectivity index (χ0) is 15.6. The van der Waals surface area contributed by atoms with Gasteiger partial charge in [0.1, 0.15) is 24.4 Å². The quantitative estimate of drug-likeness (QED) is 0.482. The van der Waals surface area contributed by atoms with Crippen molar-refractivity contribution in [1.82, 2.24) is 9.55 Å². The summed E-state index contributed by atoms with van der Waals surface area (Å²) in [4.78, 5) is 15.0. The highest BCUT2D eigenvalue weighted by atomic mass is 16.6. The predicted molar refractivity (Wildman–Crippen MR) is 70.7 cm³/mol. The maximum absolute atomic E-state index is 11.3. The van der Waals surface area contributed by atoms with Crippen LogP contribution in [0.25, 0.3) is 0 Å². The Morgan fingerprint density at radius 3 is 2.71 bits per heavy atom. The Morgan fingerprint density at radius 2 is 2.10 bits per heavy atom. The second-order valence-electron chi connectivity index (χ2n) is 4.66. The molecule has 1 aliphatic heterocycles. The first-order valence-corrected chi connectivity index (χ1v) is 6.61. The van der Waals surface area contributed by atoms with Crippen LogP contribution in [0.15, 0.2) is 17.1 Å². The molecule has 0 amide bonds. The van der Waals surface area contributed by atoms with E-state index in [4.69, 9.17) is 15.2 Å². The summed E-state index contributed by atoms with van der Waals surface area (Å²) in [6, 6.07) is 1.13. The number of nitrogens with zero attached hydrogens (tertiary/aromatic N) is 2. The number of aliphatic hydroxyl groups is 3. The molecule has 5 N–H and O–H groups in total. The van der Waals surface area contributed by atoms with Crippen LogP contribution in [0, 0.1) is 0 Å². The SMILES string of the molecule is CCOc1nc(=O)ccn1[C@@H]1O[C@H](CN)[C@@H](O)[C@H](O)[C@H]1O. The maximum Gasteiger partial charge on any atom is 0.301 e.